The summed E-state index contributed by atoms with van der Waals surface area (Å²) in [5.74, 6) is -0.474. The van der Waals surface area contributed by atoms with E-state index in [4.69, 9.17) is 4.42 Å². The molecule has 0 spiro atoms. The van der Waals surface area contributed by atoms with Crippen LogP contribution in [0.1, 0.15) is 33.0 Å². The van der Waals surface area contributed by atoms with Crippen LogP contribution >= 0.6 is 0 Å². The third-order valence-electron chi connectivity index (χ3n) is 3.35. The molecule has 0 fully saturated rings. The quantitative estimate of drug-likeness (QED) is 0.804. The fourth-order valence-corrected chi connectivity index (χ4v) is 1.83. The zero-order chi connectivity index (χ0) is 15.1. The number of carboxylic acid groups (broad SMARTS) is 1. The van der Waals surface area contributed by atoms with Crippen molar-refractivity contribution in [3.8, 4) is 0 Å². The SMILES string of the molecule is CC[C@H](C)[C@H](NC(=O)N(CC)Cc1ccco1)C(=O)O. The van der Waals surface area contributed by atoms with E-state index in [0.29, 0.717) is 25.3 Å². The molecule has 1 aromatic rings. The molecule has 0 radical (unpaired) electrons. The van der Waals surface area contributed by atoms with Crippen molar-refractivity contribution in [3.05, 3.63) is 24.2 Å². The Bertz CT molecular complexity index is 430. The molecule has 0 saturated heterocycles. The van der Waals surface area contributed by atoms with Crippen LogP contribution in [0, 0.1) is 5.92 Å². The molecule has 6 nitrogen and oxygen atoms in total. The van der Waals surface area contributed by atoms with Crippen molar-refractivity contribution in [2.24, 2.45) is 5.92 Å². The summed E-state index contributed by atoms with van der Waals surface area (Å²) < 4.78 is 5.20. The summed E-state index contributed by atoms with van der Waals surface area (Å²) in [4.78, 5) is 24.9. The van der Waals surface area contributed by atoms with E-state index in [1.807, 2.05) is 20.8 Å². The Kier molecular flexibility index (Phi) is 6.09. The van der Waals surface area contributed by atoms with Gasteiger partial charge < -0.3 is 19.7 Å². The van der Waals surface area contributed by atoms with E-state index in [1.54, 1.807) is 18.4 Å². The number of aliphatic carboxylic acids is 1. The van der Waals surface area contributed by atoms with E-state index in [9.17, 15) is 14.7 Å². The Labute approximate surface area is 118 Å². The number of nitrogens with one attached hydrogen (secondary N) is 1. The molecule has 20 heavy (non-hydrogen) atoms. The molecule has 0 bridgehead atoms. The molecular weight excluding hydrogens is 260 g/mol. The highest BCUT2D eigenvalue weighted by atomic mass is 16.4. The van der Waals surface area contributed by atoms with Gasteiger partial charge in [-0.05, 0) is 25.0 Å². The van der Waals surface area contributed by atoms with Gasteiger partial charge >= 0.3 is 12.0 Å². The molecule has 1 rings (SSSR count). The molecule has 112 valence electrons. The number of urea groups is 1. The maximum Gasteiger partial charge on any atom is 0.326 e. The van der Waals surface area contributed by atoms with E-state index >= 15 is 0 Å². The van der Waals surface area contributed by atoms with E-state index in [2.05, 4.69) is 5.32 Å². The van der Waals surface area contributed by atoms with Crippen LogP contribution < -0.4 is 5.32 Å². The lowest BCUT2D eigenvalue weighted by molar-refractivity contribution is -0.140. The van der Waals surface area contributed by atoms with E-state index < -0.39 is 18.0 Å². The van der Waals surface area contributed by atoms with Gasteiger partial charge in [0.2, 0.25) is 0 Å². The van der Waals surface area contributed by atoms with Crippen molar-refractivity contribution in [1.29, 1.82) is 0 Å². The lowest BCUT2D eigenvalue weighted by Crippen LogP contribution is -2.50. The first-order chi connectivity index (χ1) is 9.49. The van der Waals surface area contributed by atoms with Gasteiger partial charge in [0.15, 0.2) is 0 Å². The average Bonchev–Trinajstić information content (AvgIpc) is 2.93. The average molecular weight is 282 g/mol. The Morgan fingerprint density at radius 3 is 2.60 bits per heavy atom. The molecule has 2 N–H and O–H groups in total. The zero-order valence-electron chi connectivity index (χ0n) is 12.1. The number of furan rings is 1. The van der Waals surface area contributed by atoms with Crippen LogP contribution in [0.3, 0.4) is 0 Å². The molecule has 0 aliphatic rings. The predicted molar refractivity (Wildman–Crippen MR) is 74.2 cm³/mol. The molecule has 1 heterocycles. The highest BCUT2D eigenvalue weighted by Gasteiger charge is 2.27. The maximum atomic E-state index is 12.1. The van der Waals surface area contributed by atoms with Crippen molar-refractivity contribution < 1.29 is 19.1 Å². The summed E-state index contributed by atoms with van der Waals surface area (Å²) >= 11 is 0. The molecule has 1 aromatic heterocycles. The standard InChI is InChI=1S/C14H22N2O4/c1-4-10(3)12(13(17)18)15-14(19)16(5-2)9-11-7-6-8-20-11/h6-8,10,12H,4-5,9H2,1-3H3,(H,15,19)(H,17,18)/t10-,12-/m0/s1. The number of carbonyl (C=O) groups excluding carboxylic acids is 1. The Balaban J connectivity index is 2.68. The van der Waals surface area contributed by atoms with E-state index in [0.717, 1.165) is 0 Å². The van der Waals surface area contributed by atoms with Gasteiger partial charge in [-0.1, -0.05) is 20.3 Å². The fourth-order valence-electron chi connectivity index (χ4n) is 1.83. The van der Waals surface area contributed by atoms with Gasteiger partial charge in [0, 0.05) is 6.54 Å². The van der Waals surface area contributed by atoms with Crippen molar-refractivity contribution in [2.45, 2.75) is 39.8 Å². The molecule has 0 saturated carbocycles. The molecule has 0 aliphatic carbocycles. The number of nitrogens with zero attached hydrogens (tertiary/aromatic N) is 1. The summed E-state index contributed by atoms with van der Waals surface area (Å²) in [6.07, 6.45) is 2.22. The third kappa shape index (κ3) is 4.29. The molecule has 6 heteroatoms. The minimum atomic E-state index is -1.01. The number of amides is 2. The van der Waals surface area contributed by atoms with E-state index in [-0.39, 0.29) is 5.92 Å². The fraction of sp³-hybridized carbons (Fsp3) is 0.571. The topological polar surface area (TPSA) is 82.8 Å². The van der Waals surface area contributed by atoms with Crippen LogP contribution in [-0.2, 0) is 11.3 Å². The van der Waals surface area contributed by atoms with Gasteiger partial charge in [-0.25, -0.2) is 9.59 Å². The lowest BCUT2D eigenvalue weighted by atomic mass is 9.99. The minimum absolute atomic E-state index is 0.126. The number of rotatable bonds is 7. The van der Waals surface area contributed by atoms with Gasteiger partial charge in [-0.2, -0.15) is 0 Å². The molecule has 2 atom stereocenters. The van der Waals surface area contributed by atoms with Crippen LogP contribution in [0.2, 0.25) is 0 Å². The Morgan fingerprint density at radius 2 is 2.15 bits per heavy atom. The summed E-state index contributed by atoms with van der Waals surface area (Å²) in [5.41, 5.74) is 0. The number of hydrogen-bond donors (Lipinski definition) is 2. The Hall–Kier alpha value is -1.98. The van der Waals surface area contributed by atoms with Gasteiger partial charge in [0.1, 0.15) is 11.8 Å². The second-order valence-corrected chi connectivity index (χ2v) is 4.74. The summed E-state index contributed by atoms with van der Waals surface area (Å²) in [6.45, 7) is 6.33. The number of hydrogen-bond acceptors (Lipinski definition) is 3. The molecular formula is C14H22N2O4. The highest BCUT2D eigenvalue weighted by Crippen LogP contribution is 2.10. The minimum Gasteiger partial charge on any atom is -0.480 e. The second kappa shape index (κ2) is 7.57. The lowest BCUT2D eigenvalue weighted by Gasteiger charge is -2.25. The largest absolute Gasteiger partial charge is 0.480 e. The molecule has 0 aromatic carbocycles. The first-order valence-electron chi connectivity index (χ1n) is 6.80. The molecule has 0 unspecified atom stereocenters. The van der Waals surface area contributed by atoms with Crippen LogP contribution in [0.25, 0.3) is 0 Å². The van der Waals surface area contributed by atoms with Crippen LogP contribution in [0.5, 0.6) is 0 Å². The highest BCUT2D eigenvalue weighted by molar-refractivity contribution is 5.82. The van der Waals surface area contributed by atoms with Gasteiger partial charge in [-0.15, -0.1) is 0 Å². The third-order valence-corrected chi connectivity index (χ3v) is 3.35. The Morgan fingerprint density at radius 1 is 1.45 bits per heavy atom. The number of carbonyl (C=O) groups is 2. The van der Waals surface area contributed by atoms with Gasteiger partial charge in [0.25, 0.3) is 0 Å². The van der Waals surface area contributed by atoms with Crippen molar-refractivity contribution in [3.63, 3.8) is 0 Å². The number of carboxylic acids is 1. The van der Waals surface area contributed by atoms with Crippen LogP contribution in [0.15, 0.2) is 22.8 Å². The van der Waals surface area contributed by atoms with E-state index in [1.165, 1.54) is 4.90 Å². The normalized spacial score (nSPS) is 13.6. The van der Waals surface area contributed by atoms with Crippen LogP contribution in [0.4, 0.5) is 4.79 Å². The summed E-state index contributed by atoms with van der Waals surface area (Å²) in [6, 6.07) is 2.26. The van der Waals surface area contributed by atoms with Crippen molar-refractivity contribution >= 4 is 12.0 Å². The first kappa shape index (κ1) is 16.1. The van der Waals surface area contributed by atoms with Crippen LogP contribution in [-0.4, -0.2) is 34.6 Å². The maximum absolute atomic E-state index is 12.1. The monoisotopic (exact) mass is 282 g/mol. The van der Waals surface area contributed by atoms with Crippen molar-refractivity contribution in [1.82, 2.24) is 10.2 Å². The zero-order valence-corrected chi connectivity index (χ0v) is 12.1. The van der Waals surface area contributed by atoms with Gasteiger partial charge in [-0.3, -0.25) is 0 Å². The predicted octanol–water partition coefficient (Wildman–Crippen LogP) is 2.31. The summed E-state index contributed by atoms with van der Waals surface area (Å²) in [5, 5.41) is 11.8. The van der Waals surface area contributed by atoms with Gasteiger partial charge in [0.05, 0.1) is 12.8 Å². The summed E-state index contributed by atoms with van der Waals surface area (Å²) in [7, 11) is 0. The smallest absolute Gasteiger partial charge is 0.326 e. The first-order valence-corrected chi connectivity index (χ1v) is 6.80. The van der Waals surface area contributed by atoms with Crippen molar-refractivity contribution in [2.75, 3.05) is 6.54 Å². The molecule has 2 amide bonds. The molecule has 0 aliphatic heterocycles. The second-order valence-electron chi connectivity index (χ2n) is 4.74.